The first-order valence-corrected chi connectivity index (χ1v) is 10.3. The van der Waals surface area contributed by atoms with Crippen LogP contribution in [0.5, 0.6) is 11.5 Å². The molecule has 0 aliphatic carbocycles. The summed E-state index contributed by atoms with van der Waals surface area (Å²) in [6.07, 6.45) is 0.916. The van der Waals surface area contributed by atoms with Gasteiger partial charge in [-0.25, -0.2) is 9.07 Å². The highest BCUT2D eigenvalue weighted by molar-refractivity contribution is 6.31. The highest BCUT2D eigenvalue weighted by Crippen LogP contribution is 2.35. The topological polar surface area (TPSA) is 74.1 Å². The molecule has 0 atom stereocenters. The lowest BCUT2D eigenvalue weighted by Gasteiger charge is -2.16. The molecule has 160 valence electrons. The Balaban J connectivity index is 1.75. The van der Waals surface area contributed by atoms with E-state index in [-0.39, 0.29) is 6.61 Å². The Hall–Kier alpha value is -2.58. The van der Waals surface area contributed by atoms with Crippen LogP contribution in [0.15, 0.2) is 30.3 Å². The molecule has 0 bridgehead atoms. The number of nitrogens with one attached hydrogen (secondary N) is 1. The summed E-state index contributed by atoms with van der Waals surface area (Å²) >= 11 is 12.5. The summed E-state index contributed by atoms with van der Waals surface area (Å²) in [5.74, 6) is 1.19. The Bertz CT molecular complexity index is 999. The van der Waals surface area contributed by atoms with E-state index < -0.39 is 5.82 Å². The van der Waals surface area contributed by atoms with E-state index in [0.29, 0.717) is 52.8 Å². The molecule has 0 unspecified atom stereocenters. The van der Waals surface area contributed by atoms with E-state index in [9.17, 15) is 4.39 Å². The molecule has 7 nitrogen and oxygen atoms in total. The van der Waals surface area contributed by atoms with Gasteiger partial charge in [-0.2, -0.15) is 0 Å². The summed E-state index contributed by atoms with van der Waals surface area (Å²) in [5.41, 5.74) is 1.46. The van der Waals surface area contributed by atoms with Gasteiger partial charge in [-0.3, -0.25) is 0 Å². The van der Waals surface area contributed by atoms with Crippen LogP contribution >= 0.6 is 23.2 Å². The lowest BCUT2D eigenvalue weighted by molar-refractivity contribution is 0.269. The molecule has 10 heteroatoms. The fraction of sp³-hybridized carbons (Fsp3) is 0.350. The quantitative estimate of drug-likeness (QED) is 0.459. The molecule has 0 amide bonds. The Morgan fingerprint density at radius 3 is 2.53 bits per heavy atom. The third-order valence-corrected chi connectivity index (χ3v) is 4.92. The Labute approximate surface area is 184 Å². The minimum Gasteiger partial charge on any atom is -0.490 e. The number of tetrazole rings is 1. The molecule has 1 N–H and O–H groups in total. The highest BCUT2D eigenvalue weighted by Gasteiger charge is 2.14. The zero-order valence-corrected chi connectivity index (χ0v) is 18.2. The normalized spacial score (nSPS) is 10.8. The van der Waals surface area contributed by atoms with Gasteiger partial charge in [0.1, 0.15) is 12.4 Å². The van der Waals surface area contributed by atoms with Gasteiger partial charge in [-0.05, 0) is 47.5 Å². The summed E-state index contributed by atoms with van der Waals surface area (Å²) in [6.45, 7) is 5.66. The fourth-order valence-electron chi connectivity index (χ4n) is 2.76. The zero-order valence-electron chi connectivity index (χ0n) is 16.7. The van der Waals surface area contributed by atoms with Gasteiger partial charge in [0.25, 0.3) is 0 Å². The second-order valence-electron chi connectivity index (χ2n) is 6.43. The SMILES string of the molecule is CCCn1nnnc1NCc1cc(OCC)c(OCc2ccc(F)cc2Cl)cc1Cl. The molecule has 2 aromatic carbocycles. The number of hydrogen-bond donors (Lipinski definition) is 1. The molecule has 0 aliphatic rings. The number of halogens is 3. The third kappa shape index (κ3) is 5.52. The maximum atomic E-state index is 13.2. The largest absolute Gasteiger partial charge is 0.490 e. The molecule has 0 saturated heterocycles. The Kier molecular flexibility index (Phi) is 7.70. The first-order chi connectivity index (χ1) is 14.5. The van der Waals surface area contributed by atoms with Crippen molar-refractivity contribution in [1.82, 2.24) is 20.2 Å². The van der Waals surface area contributed by atoms with Gasteiger partial charge in [0.05, 0.1) is 11.6 Å². The summed E-state index contributed by atoms with van der Waals surface area (Å²) in [7, 11) is 0. The number of aryl methyl sites for hydroxylation is 1. The van der Waals surface area contributed by atoms with E-state index in [1.165, 1.54) is 12.1 Å². The van der Waals surface area contributed by atoms with Gasteiger partial charge in [0, 0.05) is 29.7 Å². The van der Waals surface area contributed by atoms with Crippen LogP contribution in [0.25, 0.3) is 0 Å². The Morgan fingerprint density at radius 2 is 1.80 bits per heavy atom. The molecule has 0 radical (unpaired) electrons. The smallest absolute Gasteiger partial charge is 0.243 e. The van der Waals surface area contributed by atoms with Gasteiger partial charge >= 0.3 is 0 Å². The molecular formula is C20H22Cl2FN5O2. The fourth-order valence-corrected chi connectivity index (χ4v) is 3.20. The Morgan fingerprint density at radius 1 is 1.03 bits per heavy atom. The third-order valence-electron chi connectivity index (χ3n) is 4.22. The number of rotatable bonds is 10. The molecule has 3 rings (SSSR count). The first kappa shape index (κ1) is 22.1. The van der Waals surface area contributed by atoms with Crippen molar-refractivity contribution in [2.45, 2.75) is 40.0 Å². The molecule has 1 heterocycles. The van der Waals surface area contributed by atoms with Gasteiger partial charge in [-0.1, -0.05) is 41.3 Å². The van der Waals surface area contributed by atoms with Crippen LogP contribution in [0, 0.1) is 5.82 Å². The van der Waals surface area contributed by atoms with E-state index in [2.05, 4.69) is 27.8 Å². The van der Waals surface area contributed by atoms with Gasteiger partial charge in [0.2, 0.25) is 5.95 Å². The standard InChI is InChI=1S/C20H22Cl2FN5O2/c1-3-7-28-20(25-26-27-28)24-11-14-8-18(29-4-2)19(10-17(14)22)30-12-13-5-6-15(23)9-16(13)21/h5-6,8-10H,3-4,7,11-12H2,1-2H3,(H,24,25,27). The van der Waals surface area contributed by atoms with E-state index >= 15 is 0 Å². The minimum atomic E-state index is -0.399. The van der Waals surface area contributed by atoms with Crippen molar-refractivity contribution in [3.8, 4) is 11.5 Å². The summed E-state index contributed by atoms with van der Waals surface area (Å²) < 4.78 is 26.5. The van der Waals surface area contributed by atoms with Gasteiger partial charge in [-0.15, -0.1) is 0 Å². The van der Waals surface area contributed by atoms with Crippen LogP contribution in [-0.4, -0.2) is 26.8 Å². The molecule has 0 fully saturated rings. The lowest BCUT2D eigenvalue weighted by atomic mass is 10.2. The summed E-state index contributed by atoms with van der Waals surface area (Å²) in [4.78, 5) is 0. The summed E-state index contributed by atoms with van der Waals surface area (Å²) in [5, 5.41) is 15.6. The number of ether oxygens (including phenoxy) is 2. The molecule has 0 aliphatic heterocycles. The van der Waals surface area contributed by atoms with Crippen molar-refractivity contribution in [2.24, 2.45) is 0 Å². The first-order valence-electron chi connectivity index (χ1n) is 9.53. The van der Waals surface area contributed by atoms with Crippen LogP contribution in [0.3, 0.4) is 0 Å². The van der Waals surface area contributed by atoms with E-state index in [1.807, 2.05) is 13.0 Å². The van der Waals surface area contributed by atoms with E-state index in [1.54, 1.807) is 16.8 Å². The molecule has 3 aromatic rings. The van der Waals surface area contributed by atoms with Crippen molar-refractivity contribution in [1.29, 1.82) is 0 Å². The van der Waals surface area contributed by atoms with Crippen LogP contribution in [0.2, 0.25) is 10.0 Å². The van der Waals surface area contributed by atoms with Crippen LogP contribution in [-0.2, 0) is 19.7 Å². The van der Waals surface area contributed by atoms with Crippen LogP contribution in [0.4, 0.5) is 10.3 Å². The number of aromatic nitrogens is 4. The number of hydrogen-bond acceptors (Lipinski definition) is 6. The maximum absolute atomic E-state index is 13.2. The van der Waals surface area contributed by atoms with Crippen molar-refractivity contribution in [3.05, 3.63) is 57.3 Å². The number of anilines is 1. The van der Waals surface area contributed by atoms with E-state index in [4.69, 9.17) is 32.7 Å². The molecule has 0 spiro atoms. The lowest BCUT2D eigenvalue weighted by Crippen LogP contribution is -2.09. The summed E-state index contributed by atoms with van der Waals surface area (Å²) in [6, 6.07) is 7.67. The second kappa shape index (κ2) is 10.4. The second-order valence-corrected chi connectivity index (χ2v) is 7.24. The van der Waals surface area contributed by atoms with Crippen LogP contribution < -0.4 is 14.8 Å². The molecule has 30 heavy (non-hydrogen) atoms. The molecular weight excluding hydrogens is 432 g/mol. The van der Waals surface area contributed by atoms with Gasteiger partial charge < -0.3 is 14.8 Å². The minimum absolute atomic E-state index is 0.152. The van der Waals surface area contributed by atoms with Crippen LogP contribution in [0.1, 0.15) is 31.4 Å². The molecule has 1 aromatic heterocycles. The predicted octanol–water partition coefficient (Wildman–Crippen LogP) is 5.12. The maximum Gasteiger partial charge on any atom is 0.243 e. The average Bonchev–Trinajstić information content (AvgIpc) is 3.15. The van der Waals surface area contributed by atoms with Crippen molar-refractivity contribution < 1.29 is 13.9 Å². The number of nitrogens with zero attached hydrogens (tertiary/aromatic N) is 4. The van der Waals surface area contributed by atoms with Crippen molar-refractivity contribution >= 4 is 29.2 Å². The van der Waals surface area contributed by atoms with Crippen molar-refractivity contribution in [3.63, 3.8) is 0 Å². The number of benzene rings is 2. The predicted molar refractivity (Wildman–Crippen MR) is 114 cm³/mol. The van der Waals surface area contributed by atoms with E-state index in [0.717, 1.165) is 12.0 Å². The molecule has 0 saturated carbocycles. The average molecular weight is 454 g/mol. The highest BCUT2D eigenvalue weighted by atomic mass is 35.5. The van der Waals surface area contributed by atoms with Crippen molar-refractivity contribution in [2.75, 3.05) is 11.9 Å². The zero-order chi connectivity index (χ0) is 21.5. The monoisotopic (exact) mass is 453 g/mol. The van der Waals surface area contributed by atoms with Gasteiger partial charge in [0.15, 0.2) is 11.5 Å².